The molecule has 1 saturated heterocycles. The van der Waals surface area contributed by atoms with Crippen LogP contribution in [0.3, 0.4) is 0 Å². The number of hydrogen-bond donors (Lipinski definition) is 1. The van der Waals surface area contributed by atoms with E-state index in [2.05, 4.69) is 12.2 Å². The van der Waals surface area contributed by atoms with Gasteiger partial charge in [-0.3, -0.25) is 4.79 Å². The molecule has 21 heavy (non-hydrogen) atoms. The highest BCUT2D eigenvalue weighted by molar-refractivity contribution is 5.85. The number of nitrogens with one attached hydrogen (secondary N) is 1. The molecule has 2 atom stereocenters. The third-order valence-electron chi connectivity index (χ3n) is 3.93. The minimum absolute atomic E-state index is 0. The number of piperazine rings is 1. The first-order chi connectivity index (χ1) is 9.52. The normalized spacial score (nSPS) is 21.6. The fraction of sp³-hybridized carbons (Fsp3) is 0.533. The first-order valence-electron chi connectivity index (χ1n) is 6.88. The summed E-state index contributed by atoms with van der Waals surface area (Å²) in [5.74, 6) is -0.194. The number of rotatable bonds is 3. The van der Waals surface area contributed by atoms with E-state index in [0.29, 0.717) is 12.1 Å². The van der Waals surface area contributed by atoms with E-state index < -0.39 is 5.82 Å². The van der Waals surface area contributed by atoms with Crippen molar-refractivity contribution in [3.63, 3.8) is 0 Å². The Kier molecular flexibility index (Phi) is 6.42. The molecule has 0 saturated carbocycles. The zero-order valence-electron chi connectivity index (χ0n) is 12.6. The molecule has 0 radical (unpaired) electrons. The number of halogens is 2. The molecule has 1 amide bonds. The number of nitrogens with zero attached hydrogens (tertiary/aromatic N) is 1. The van der Waals surface area contributed by atoms with Gasteiger partial charge in [0.2, 0.25) is 5.91 Å². The van der Waals surface area contributed by atoms with Crippen LogP contribution in [0.1, 0.15) is 19.4 Å². The summed E-state index contributed by atoms with van der Waals surface area (Å²) in [6.45, 7) is 5.59. The van der Waals surface area contributed by atoms with Crippen LogP contribution in [0, 0.1) is 5.82 Å². The third-order valence-corrected chi connectivity index (χ3v) is 3.93. The van der Waals surface area contributed by atoms with E-state index in [4.69, 9.17) is 4.74 Å². The van der Waals surface area contributed by atoms with Crippen molar-refractivity contribution in [2.24, 2.45) is 0 Å². The van der Waals surface area contributed by atoms with Crippen LogP contribution in [0.25, 0.3) is 0 Å². The van der Waals surface area contributed by atoms with E-state index >= 15 is 0 Å². The van der Waals surface area contributed by atoms with E-state index in [1.165, 1.54) is 13.2 Å². The monoisotopic (exact) mass is 316 g/mol. The molecule has 0 spiro atoms. The first-order valence-corrected chi connectivity index (χ1v) is 6.88. The molecule has 118 valence electrons. The van der Waals surface area contributed by atoms with E-state index in [9.17, 15) is 9.18 Å². The summed E-state index contributed by atoms with van der Waals surface area (Å²) in [6.07, 6.45) is 0.220. The maximum atomic E-state index is 13.6. The van der Waals surface area contributed by atoms with Gasteiger partial charge >= 0.3 is 0 Å². The van der Waals surface area contributed by atoms with Crippen LogP contribution in [0.5, 0.6) is 5.75 Å². The SMILES string of the molecule is COc1ccc(CC(=O)N2CCNC(C)C2C)cc1F.Cl. The molecule has 0 aliphatic carbocycles. The summed E-state index contributed by atoms with van der Waals surface area (Å²) in [7, 11) is 1.42. The molecular formula is C15H22ClFN2O2. The van der Waals surface area contributed by atoms with Crippen molar-refractivity contribution in [2.75, 3.05) is 20.2 Å². The number of hydrogen-bond acceptors (Lipinski definition) is 3. The third kappa shape index (κ3) is 4.08. The van der Waals surface area contributed by atoms with Crippen LogP contribution in [0.2, 0.25) is 0 Å². The number of amides is 1. The minimum atomic E-state index is -0.431. The van der Waals surface area contributed by atoms with E-state index in [0.717, 1.165) is 6.54 Å². The number of methoxy groups -OCH3 is 1. The molecule has 1 aliphatic heterocycles. The van der Waals surface area contributed by atoms with E-state index in [1.54, 1.807) is 12.1 Å². The van der Waals surface area contributed by atoms with Crippen molar-refractivity contribution in [3.8, 4) is 5.75 Å². The molecule has 1 heterocycles. The Morgan fingerprint density at radius 3 is 2.81 bits per heavy atom. The van der Waals surface area contributed by atoms with Crippen molar-refractivity contribution >= 4 is 18.3 Å². The van der Waals surface area contributed by atoms with E-state index in [1.807, 2.05) is 11.8 Å². The van der Waals surface area contributed by atoms with Gasteiger partial charge in [-0.05, 0) is 31.5 Å². The lowest BCUT2D eigenvalue weighted by Crippen LogP contribution is -2.57. The van der Waals surface area contributed by atoms with Crippen molar-refractivity contribution in [3.05, 3.63) is 29.6 Å². The Morgan fingerprint density at radius 1 is 1.48 bits per heavy atom. The number of carbonyl (C=O) groups is 1. The van der Waals surface area contributed by atoms with Crippen molar-refractivity contribution in [2.45, 2.75) is 32.4 Å². The lowest BCUT2D eigenvalue weighted by molar-refractivity contribution is -0.134. The molecule has 6 heteroatoms. The zero-order valence-corrected chi connectivity index (χ0v) is 13.4. The van der Waals surface area contributed by atoms with Crippen molar-refractivity contribution < 1.29 is 13.9 Å². The van der Waals surface area contributed by atoms with Gasteiger partial charge in [0.15, 0.2) is 11.6 Å². The lowest BCUT2D eigenvalue weighted by atomic mass is 10.0. The molecule has 1 aromatic carbocycles. The van der Waals surface area contributed by atoms with Gasteiger partial charge < -0.3 is 15.0 Å². The highest BCUT2D eigenvalue weighted by atomic mass is 35.5. The van der Waals surface area contributed by atoms with Crippen LogP contribution >= 0.6 is 12.4 Å². The van der Waals surface area contributed by atoms with Gasteiger partial charge in [0.05, 0.1) is 13.5 Å². The molecule has 1 aromatic rings. The summed E-state index contributed by atoms with van der Waals surface area (Å²) in [5.41, 5.74) is 0.673. The van der Waals surface area contributed by atoms with Crippen molar-refractivity contribution in [1.82, 2.24) is 10.2 Å². The molecule has 0 bridgehead atoms. The minimum Gasteiger partial charge on any atom is -0.494 e. The largest absolute Gasteiger partial charge is 0.494 e. The topological polar surface area (TPSA) is 41.6 Å². The maximum Gasteiger partial charge on any atom is 0.227 e. The lowest BCUT2D eigenvalue weighted by Gasteiger charge is -2.38. The molecule has 2 unspecified atom stereocenters. The van der Waals surface area contributed by atoms with Gasteiger partial charge in [0, 0.05) is 25.2 Å². The predicted molar refractivity (Wildman–Crippen MR) is 82.5 cm³/mol. The predicted octanol–water partition coefficient (Wildman–Crippen LogP) is 2.01. The Hall–Kier alpha value is -1.33. The molecular weight excluding hydrogens is 295 g/mol. The Morgan fingerprint density at radius 2 is 2.19 bits per heavy atom. The molecule has 2 rings (SSSR count). The quantitative estimate of drug-likeness (QED) is 0.927. The van der Waals surface area contributed by atoms with Crippen LogP contribution < -0.4 is 10.1 Å². The summed E-state index contributed by atoms with van der Waals surface area (Å²) < 4.78 is 18.5. The Balaban J connectivity index is 0.00000220. The van der Waals surface area contributed by atoms with Gasteiger partial charge in [-0.2, -0.15) is 0 Å². The van der Waals surface area contributed by atoms with Gasteiger partial charge in [-0.15, -0.1) is 12.4 Å². The Labute approximate surface area is 131 Å². The molecule has 1 aliphatic rings. The maximum absolute atomic E-state index is 13.6. The van der Waals surface area contributed by atoms with Crippen LogP contribution in [0.15, 0.2) is 18.2 Å². The fourth-order valence-corrected chi connectivity index (χ4v) is 2.50. The van der Waals surface area contributed by atoms with Gasteiger partial charge in [-0.1, -0.05) is 6.07 Å². The van der Waals surface area contributed by atoms with Crippen LogP contribution in [-0.4, -0.2) is 43.1 Å². The van der Waals surface area contributed by atoms with Crippen molar-refractivity contribution in [1.29, 1.82) is 0 Å². The summed E-state index contributed by atoms with van der Waals surface area (Å²) in [4.78, 5) is 14.2. The zero-order chi connectivity index (χ0) is 14.7. The second kappa shape index (κ2) is 7.61. The second-order valence-electron chi connectivity index (χ2n) is 5.22. The second-order valence-corrected chi connectivity index (χ2v) is 5.22. The smallest absolute Gasteiger partial charge is 0.227 e. The number of carbonyl (C=O) groups excluding carboxylic acids is 1. The number of ether oxygens (including phenoxy) is 1. The highest BCUT2D eigenvalue weighted by Crippen LogP contribution is 2.19. The van der Waals surface area contributed by atoms with Gasteiger partial charge in [0.25, 0.3) is 0 Å². The molecule has 0 aromatic heterocycles. The standard InChI is InChI=1S/C15H21FN2O2.ClH/c1-10-11(2)18(7-6-17-10)15(19)9-12-4-5-14(20-3)13(16)8-12;/h4-5,8,10-11,17H,6-7,9H2,1-3H3;1H. The molecule has 1 N–H and O–H groups in total. The van der Waals surface area contributed by atoms with Gasteiger partial charge in [-0.25, -0.2) is 4.39 Å². The van der Waals surface area contributed by atoms with Gasteiger partial charge in [0.1, 0.15) is 0 Å². The molecule has 1 fully saturated rings. The summed E-state index contributed by atoms with van der Waals surface area (Å²) in [6, 6.07) is 5.09. The average molecular weight is 317 g/mol. The summed E-state index contributed by atoms with van der Waals surface area (Å²) in [5, 5.41) is 3.33. The molecule has 4 nitrogen and oxygen atoms in total. The average Bonchev–Trinajstić information content (AvgIpc) is 2.42. The van der Waals surface area contributed by atoms with Crippen LogP contribution in [-0.2, 0) is 11.2 Å². The van der Waals surface area contributed by atoms with E-state index in [-0.39, 0.29) is 42.6 Å². The van der Waals surface area contributed by atoms with Crippen LogP contribution in [0.4, 0.5) is 4.39 Å². The summed E-state index contributed by atoms with van der Waals surface area (Å²) >= 11 is 0. The Bertz CT molecular complexity index is 499. The first kappa shape index (κ1) is 17.7. The fourth-order valence-electron chi connectivity index (χ4n) is 2.50. The highest BCUT2D eigenvalue weighted by Gasteiger charge is 2.27. The number of benzene rings is 1.